The Balaban J connectivity index is 2.80. The summed E-state index contributed by atoms with van der Waals surface area (Å²) in [5, 5.41) is 38.3. The summed E-state index contributed by atoms with van der Waals surface area (Å²) < 4.78 is 34.0. The lowest BCUT2D eigenvalue weighted by Crippen LogP contribution is -2.61. The first-order chi connectivity index (χ1) is 9.82. The Hall–Kier alpha value is 0.0200. The highest BCUT2D eigenvalue weighted by atomic mass is 31.2. The van der Waals surface area contributed by atoms with Gasteiger partial charge in [-0.3, -0.25) is 9.05 Å². The van der Waals surface area contributed by atoms with Gasteiger partial charge in [0.1, 0.15) is 30.5 Å². The second-order valence-corrected chi connectivity index (χ2v) is 6.82. The minimum Gasteiger partial charge on any atom is -0.388 e. The maximum Gasteiger partial charge on any atom is 0.472 e. The van der Waals surface area contributed by atoms with Crippen molar-refractivity contribution >= 4 is 15.6 Å². The fourth-order valence-corrected chi connectivity index (χ4v) is 2.47. The molecule has 2 unspecified atom stereocenters. The van der Waals surface area contributed by atoms with Gasteiger partial charge in [0, 0.05) is 0 Å². The molecule has 0 aromatic rings. The number of ether oxygens (including phenoxy) is 1. The molecule has 1 aliphatic heterocycles. The van der Waals surface area contributed by atoms with Crippen molar-refractivity contribution in [2.75, 3.05) is 6.61 Å². The first-order valence-electron chi connectivity index (χ1n) is 5.63. The molecular weight excluding hydrogens is 354 g/mol. The summed E-state index contributed by atoms with van der Waals surface area (Å²) in [6, 6.07) is 0. The lowest BCUT2D eigenvalue weighted by molar-refractivity contribution is -0.292. The van der Waals surface area contributed by atoms with Crippen LogP contribution in [0.5, 0.6) is 0 Å². The molecule has 1 saturated heterocycles. The summed E-state index contributed by atoms with van der Waals surface area (Å²) in [7, 11) is -10.1. The largest absolute Gasteiger partial charge is 0.472 e. The van der Waals surface area contributed by atoms with E-state index in [1.54, 1.807) is 0 Å². The smallest absolute Gasteiger partial charge is 0.388 e. The number of rotatable bonds is 6. The van der Waals surface area contributed by atoms with Crippen molar-refractivity contribution in [3.63, 3.8) is 0 Å². The van der Waals surface area contributed by atoms with Crippen LogP contribution in [0.2, 0.25) is 0 Å². The van der Waals surface area contributed by atoms with Crippen LogP contribution in [0.1, 0.15) is 0 Å². The third-order valence-corrected chi connectivity index (χ3v) is 3.61. The highest BCUT2D eigenvalue weighted by molar-refractivity contribution is 7.46. The van der Waals surface area contributed by atoms with Gasteiger partial charge in [-0.2, -0.15) is 0 Å². The fraction of sp³-hybridized carbons (Fsp3) is 1.00. The summed E-state index contributed by atoms with van der Waals surface area (Å²) in [4.78, 5) is 34.3. The molecule has 132 valence electrons. The van der Waals surface area contributed by atoms with Gasteiger partial charge in [0.15, 0.2) is 6.29 Å². The predicted octanol–water partition coefficient (Wildman–Crippen LogP) is -3.63. The van der Waals surface area contributed by atoms with Gasteiger partial charge >= 0.3 is 15.6 Å². The van der Waals surface area contributed by atoms with Gasteiger partial charge in [0.05, 0.1) is 6.61 Å². The van der Waals surface area contributed by atoms with E-state index in [1.807, 2.05) is 0 Å². The van der Waals surface area contributed by atoms with E-state index in [9.17, 15) is 29.6 Å². The van der Waals surface area contributed by atoms with Crippen LogP contribution in [0.25, 0.3) is 0 Å². The molecule has 1 rings (SSSR count). The molecule has 0 saturated carbocycles. The van der Waals surface area contributed by atoms with Crippen LogP contribution in [0.15, 0.2) is 0 Å². The minimum atomic E-state index is -5.13. The molecular formula is C7H16O13P2. The number of aliphatic hydroxyl groups excluding tert-OH is 4. The van der Waals surface area contributed by atoms with E-state index in [4.69, 9.17) is 24.3 Å². The van der Waals surface area contributed by atoms with E-state index in [0.717, 1.165) is 0 Å². The average molecular weight is 370 g/mol. The van der Waals surface area contributed by atoms with E-state index in [-0.39, 0.29) is 0 Å². The monoisotopic (exact) mass is 370 g/mol. The molecule has 22 heavy (non-hydrogen) atoms. The summed E-state index contributed by atoms with van der Waals surface area (Å²) in [5.41, 5.74) is 0. The van der Waals surface area contributed by atoms with Gasteiger partial charge in [-0.15, -0.1) is 0 Å². The molecule has 13 nitrogen and oxygen atoms in total. The summed E-state index contributed by atoms with van der Waals surface area (Å²) in [6.45, 7) is -1.03. The molecule has 0 aromatic carbocycles. The summed E-state index contributed by atoms with van der Waals surface area (Å²) in [5.74, 6) is 0. The van der Waals surface area contributed by atoms with Crippen LogP contribution >= 0.6 is 15.6 Å². The van der Waals surface area contributed by atoms with Crippen molar-refractivity contribution in [2.24, 2.45) is 0 Å². The topological polar surface area (TPSA) is 224 Å². The Morgan fingerprint density at radius 3 is 1.95 bits per heavy atom. The SMILES string of the molecule is O=P(O)(O)OC[C@@H](O)C1O[C@@H](OP(=O)(O)O)C(O)[C@@H](O)[C@@H]1O. The van der Waals surface area contributed by atoms with Crippen LogP contribution in [0.3, 0.4) is 0 Å². The maximum atomic E-state index is 10.7. The summed E-state index contributed by atoms with van der Waals surface area (Å²) >= 11 is 0. The van der Waals surface area contributed by atoms with Crippen molar-refractivity contribution in [1.82, 2.24) is 0 Å². The van der Waals surface area contributed by atoms with E-state index >= 15 is 0 Å². The third-order valence-electron chi connectivity index (χ3n) is 2.64. The van der Waals surface area contributed by atoms with E-state index in [0.29, 0.717) is 0 Å². The zero-order valence-electron chi connectivity index (χ0n) is 10.7. The highest BCUT2D eigenvalue weighted by Gasteiger charge is 2.49. The van der Waals surface area contributed by atoms with Gasteiger partial charge in [0.25, 0.3) is 0 Å². The zero-order chi connectivity index (χ0) is 17.3. The standard InChI is InChI=1S/C7H16O13P2/c8-2(1-18-21(12,13)14)6-4(10)3(9)5(11)7(19-6)20-22(15,16)17/h2-11H,1H2,(H2,12,13,14)(H2,15,16,17)/t2-,3+,4+,5?,6?,7+/m1/s1. The maximum absolute atomic E-state index is 10.7. The first kappa shape index (κ1) is 20.1. The molecule has 0 radical (unpaired) electrons. The number of hydrogen-bond donors (Lipinski definition) is 8. The molecule has 0 amide bonds. The number of hydrogen-bond acceptors (Lipinski definition) is 9. The highest BCUT2D eigenvalue weighted by Crippen LogP contribution is 2.41. The van der Waals surface area contributed by atoms with Crippen LogP contribution < -0.4 is 0 Å². The lowest BCUT2D eigenvalue weighted by Gasteiger charge is -2.41. The number of aliphatic hydroxyl groups is 4. The van der Waals surface area contributed by atoms with Gasteiger partial charge in [-0.1, -0.05) is 0 Å². The van der Waals surface area contributed by atoms with Crippen molar-refractivity contribution in [1.29, 1.82) is 0 Å². The van der Waals surface area contributed by atoms with Crippen LogP contribution in [-0.2, 0) is 22.9 Å². The molecule has 0 spiro atoms. The van der Waals surface area contributed by atoms with Crippen LogP contribution in [-0.4, -0.2) is 83.4 Å². The molecule has 1 fully saturated rings. The molecule has 15 heteroatoms. The molecule has 8 N–H and O–H groups in total. The zero-order valence-corrected chi connectivity index (χ0v) is 12.5. The molecule has 1 heterocycles. The Morgan fingerprint density at radius 1 is 0.955 bits per heavy atom. The molecule has 0 aromatic heterocycles. The lowest BCUT2D eigenvalue weighted by atomic mass is 9.96. The van der Waals surface area contributed by atoms with E-state index < -0.39 is 59.1 Å². The van der Waals surface area contributed by atoms with Gasteiger partial charge in [-0.25, -0.2) is 9.13 Å². The Labute approximate surface area is 123 Å². The Kier molecular flexibility index (Phi) is 6.64. The number of phosphoric ester groups is 2. The predicted molar refractivity (Wildman–Crippen MR) is 63.8 cm³/mol. The van der Waals surface area contributed by atoms with Gasteiger partial charge in [0.2, 0.25) is 0 Å². The van der Waals surface area contributed by atoms with Crippen LogP contribution in [0, 0.1) is 0 Å². The van der Waals surface area contributed by atoms with Crippen LogP contribution in [0.4, 0.5) is 0 Å². The second-order valence-electron chi connectivity index (χ2n) is 4.39. The normalized spacial score (nSPS) is 35.4. The van der Waals surface area contributed by atoms with Crippen molar-refractivity contribution in [3.05, 3.63) is 0 Å². The quantitative estimate of drug-likeness (QED) is 0.212. The fourth-order valence-electron chi connectivity index (χ4n) is 1.68. The molecule has 0 aliphatic carbocycles. The number of phosphoric acid groups is 2. The van der Waals surface area contributed by atoms with E-state index in [1.165, 1.54) is 0 Å². The average Bonchev–Trinajstić information content (AvgIpc) is 2.34. The van der Waals surface area contributed by atoms with Gasteiger partial charge < -0.3 is 44.7 Å². The molecule has 1 aliphatic rings. The van der Waals surface area contributed by atoms with E-state index in [2.05, 4.69) is 9.05 Å². The van der Waals surface area contributed by atoms with Crippen molar-refractivity contribution in [2.45, 2.75) is 36.8 Å². The first-order valence-corrected chi connectivity index (χ1v) is 8.69. The molecule has 6 atom stereocenters. The Morgan fingerprint density at radius 2 is 1.50 bits per heavy atom. The van der Waals surface area contributed by atoms with Gasteiger partial charge in [-0.05, 0) is 0 Å². The third kappa shape index (κ3) is 5.91. The second kappa shape index (κ2) is 7.28. The van der Waals surface area contributed by atoms with Crippen molar-refractivity contribution in [3.8, 4) is 0 Å². The minimum absolute atomic E-state index is 1.03. The Bertz CT molecular complexity index is 457. The summed E-state index contributed by atoms with van der Waals surface area (Å²) in [6.07, 6.45) is -11.8. The molecule has 0 bridgehead atoms. The van der Waals surface area contributed by atoms with Crippen molar-refractivity contribution < 1.29 is 62.9 Å².